The number of carbonyl (C=O) groups excluding carboxylic acids is 1. The van der Waals surface area contributed by atoms with Crippen LogP contribution < -0.4 is 15.2 Å². The van der Waals surface area contributed by atoms with Crippen LogP contribution in [0.25, 0.3) is 27.8 Å². The van der Waals surface area contributed by atoms with E-state index in [1.165, 1.54) is 52.3 Å². The maximum absolute atomic E-state index is 13.9. The Morgan fingerprint density at radius 2 is 2.03 bits per heavy atom. The lowest BCUT2D eigenvalue weighted by molar-refractivity contribution is -0.140. The zero-order valence-corrected chi connectivity index (χ0v) is 21.0. The second-order valence-electron chi connectivity index (χ2n) is 8.45. The Kier molecular flexibility index (Phi) is 7.09. The van der Waals surface area contributed by atoms with Gasteiger partial charge in [-0.1, -0.05) is 18.6 Å². The molecule has 14 heteroatoms. The van der Waals surface area contributed by atoms with Crippen LogP contribution in [0.4, 0.5) is 22.0 Å². The molecule has 7 nitrogen and oxygen atoms in total. The molecular formula is C24H19F5N4O3S2. The normalized spacial score (nSPS) is 14.5. The van der Waals surface area contributed by atoms with Crippen LogP contribution in [0.1, 0.15) is 45.9 Å². The van der Waals surface area contributed by atoms with Crippen molar-refractivity contribution in [3.8, 4) is 22.2 Å². The summed E-state index contributed by atoms with van der Waals surface area (Å²) in [6.45, 7) is -2.83. The summed E-state index contributed by atoms with van der Waals surface area (Å²) in [6, 6.07) is 4.27. The first kappa shape index (κ1) is 26.1. The van der Waals surface area contributed by atoms with Crippen LogP contribution in [0, 0.1) is 5.92 Å². The predicted octanol–water partition coefficient (Wildman–Crippen LogP) is 6.59. The van der Waals surface area contributed by atoms with E-state index < -0.39 is 24.4 Å². The van der Waals surface area contributed by atoms with Crippen LogP contribution in [0.15, 0.2) is 29.8 Å². The fourth-order valence-electron chi connectivity index (χ4n) is 3.95. The molecule has 1 aromatic carbocycles. The highest BCUT2D eigenvalue weighted by molar-refractivity contribution is 7.16. The van der Waals surface area contributed by atoms with E-state index in [-0.39, 0.29) is 50.9 Å². The van der Waals surface area contributed by atoms with Crippen molar-refractivity contribution in [1.82, 2.24) is 14.4 Å². The number of fused-ring (bicyclic) bond motifs is 1. The maximum atomic E-state index is 13.9. The molecule has 38 heavy (non-hydrogen) atoms. The molecule has 1 aliphatic carbocycles. The van der Waals surface area contributed by atoms with E-state index in [9.17, 15) is 26.7 Å². The van der Waals surface area contributed by atoms with Gasteiger partial charge in [0.1, 0.15) is 16.4 Å². The first-order chi connectivity index (χ1) is 18.1. The van der Waals surface area contributed by atoms with Gasteiger partial charge >= 0.3 is 12.8 Å². The molecule has 0 bridgehead atoms. The minimum absolute atomic E-state index is 0.0135. The third kappa shape index (κ3) is 5.23. The minimum Gasteiger partial charge on any atom is -0.489 e. The van der Waals surface area contributed by atoms with E-state index in [2.05, 4.69) is 14.7 Å². The first-order valence-corrected chi connectivity index (χ1v) is 13.0. The highest BCUT2D eigenvalue weighted by Crippen LogP contribution is 2.41. The number of hydrogen-bond acceptors (Lipinski definition) is 7. The van der Waals surface area contributed by atoms with Gasteiger partial charge < -0.3 is 15.2 Å². The summed E-state index contributed by atoms with van der Waals surface area (Å²) in [5.41, 5.74) is 4.42. The Hall–Kier alpha value is -3.52. The SMILES string of the molecule is NC(=O)c1c(-c2nc(C(F)(F)F)c(C=Cc3cccc(OC(F)F)c3OCC3CCC3)s2)nc2sccn12. The number of halogens is 5. The molecule has 1 fully saturated rings. The summed E-state index contributed by atoms with van der Waals surface area (Å²) in [5.74, 6) is -0.793. The summed E-state index contributed by atoms with van der Waals surface area (Å²) in [4.78, 5) is 20.2. The number of ether oxygens (including phenoxy) is 2. The molecule has 2 N–H and O–H groups in total. The van der Waals surface area contributed by atoms with E-state index in [1.807, 2.05) is 0 Å². The highest BCUT2D eigenvalue weighted by Gasteiger charge is 2.38. The van der Waals surface area contributed by atoms with E-state index in [4.69, 9.17) is 10.5 Å². The van der Waals surface area contributed by atoms with Crippen molar-refractivity contribution < 1.29 is 36.2 Å². The lowest BCUT2D eigenvalue weighted by atomic mass is 9.86. The van der Waals surface area contributed by atoms with Crippen LogP contribution in [-0.2, 0) is 6.18 Å². The Bertz CT molecular complexity index is 1500. The molecule has 0 saturated heterocycles. The number of nitrogens with zero attached hydrogens (tertiary/aromatic N) is 3. The number of primary amides is 1. The van der Waals surface area contributed by atoms with Crippen molar-refractivity contribution in [1.29, 1.82) is 0 Å². The number of para-hydroxylation sites is 1. The molecule has 1 saturated carbocycles. The van der Waals surface area contributed by atoms with Gasteiger partial charge in [0, 0.05) is 17.1 Å². The second-order valence-corrected chi connectivity index (χ2v) is 10.4. The van der Waals surface area contributed by atoms with Gasteiger partial charge in [-0.05, 0) is 37.0 Å². The molecule has 0 radical (unpaired) electrons. The Labute approximate surface area is 220 Å². The maximum Gasteiger partial charge on any atom is 0.434 e. The van der Waals surface area contributed by atoms with Crippen molar-refractivity contribution in [2.24, 2.45) is 11.7 Å². The molecule has 0 atom stereocenters. The second kappa shape index (κ2) is 10.3. The van der Waals surface area contributed by atoms with Crippen LogP contribution in [0.3, 0.4) is 0 Å². The van der Waals surface area contributed by atoms with Crippen LogP contribution in [-0.4, -0.2) is 33.5 Å². The number of rotatable bonds is 9. The highest BCUT2D eigenvalue weighted by atomic mass is 32.1. The Balaban J connectivity index is 1.54. The molecule has 200 valence electrons. The molecule has 0 spiro atoms. The first-order valence-electron chi connectivity index (χ1n) is 11.3. The Morgan fingerprint density at radius 3 is 2.68 bits per heavy atom. The fraction of sp³-hybridized carbons (Fsp3) is 0.292. The number of aromatic nitrogens is 3. The number of carbonyl (C=O) groups is 1. The van der Waals surface area contributed by atoms with Crippen molar-refractivity contribution in [3.05, 3.63) is 51.6 Å². The van der Waals surface area contributed by atoms with E-state index >= 15 is 0 Å². The van der Waals surface area contributed by atoms with Crippen LogP contribution in [0.2, 0.25) is 0 Å². The molecule has 3 heterocycles. The van der Waals surface area contributed by atoms with Gasteiger partial charge in [-0.15, -0.1) is 22.7 Å². The van der Waals surface area contributed by atoms with Crippen molar-refractivity contribution >= 4 is 45.7 Å². The molecule has 5 rings (SSSR count). The average molecular weight is 571 g/mol. The summed E-state index contributed by atoms with van der Waals surface area (Å²) in [5, 5.41) is 1.52. The summed E-state index contributed by atoms with van der Waals surface area (Å²) in [7, 11) is 0. The third-order valence-electron chi connectivity index (χ3n) is 5.95. The molecule has 1 amide bonds. The topological polar surface area (TPSA) is 91.7 Å². The molecule has 0 unspecified atom stereocenters. The average Bonchev–Trinajstić information content (AvgIpc) is 3.50. The quantitative estimate of drug-likeness (QED) is 0.229. The minimum atomic E-state index is -4.82. The number of alkyl halides is 5. The summed E-state index contributed by atoms with van der Waals surface area (Å²) in [6.07, 6.45) is 2.15. The van der Waals surface area contributed by atoms with E-state index in [0.717, 1.165) is 19.3 Å². The molecule has 3 aromatic heterocycles. The third-order valence-corrected chi connectivity index (χ3v) is 7.73. The summed E-state index contributed by atoms with van der Waals surface area (Å²) < 4.78 is 79.5. The van der Waals surface area contributed by atoms with Gasteiger partial charge in [-0.3, -0.25) is 9.20 Å². The van der Waals surface area contributed by atoms with Gasteiger partial charge in [0.2, 0.25) is 0 Å². The lowest BCUT2D eigenvalue weighted by Crippen LogP contribution is -2.20. The smallest absolute Gasteiger partial charge is 0.434 e. The van der Waals surface area contributed by atoms with Gasteiger partial charge in [0.15, 0.2) is 22.2 Å². The van der Waals surface area contributed by atoms with Crippen molar-refractivity contribution in [3.63, 3.8) is 0 Å². The molecule has 4 aromatic rings. The van der Waals surface area contributed by atoms with Gasteiger partial charge in [0.05, 0.1) is 11.5 Å². The summed E-state index contributed by atoms with van der Waals surface area (Å²) >= 11 is 1.86. The van der Waals surface area contributed by atoms with E-state index in [1.54, 1.807) is 5.38 Å². The fourth-order valence-corrected chi connectivity index (χ4v) is 5.65. The number of hydrogen-bond donors (Lipinski definition) is 1. The van der Waals surface area contributed by atoms with Crippen LogP contribution in [0.5, 0.6) is 11.5 Å². The monoisotopic (exact) mass is 570 g/mol. The molecular weight excluding hydrogens is 551 g/mol. The molecule has 1 aliphatic rings. The number of thiazole rings is 2. The van der Waals surface area contributed by atoms with Gasteiger partial charge in [-0.25, -0.2) is 9.97 Å². The number of amides is 1. The van der Waals surface area contributed by atoms with Crippen molar-refractivity contribution in [2.45, 2.75) is 32.1 Å². The Morgan fingerprint density at radius 1 is 1.24 bits per heavy atom. The zero-order valence-electron chi connectivity index (χ0n) is 19.4. The lowest BCUT2D eigenvalue weighted by Gasteiger charge is -2.26. The number of benzene rings is 1. The van der Waals surface area contributed by atoms with Crippen LogP contribution >= 0.6 is 22.7 Å². The number of imidazole rings is 1. The zero-order chi connectivity index (χ0) is 27.0. The predicted molar refractivity (Wildman–Crippen MR) is 133 cm³/mol. The standard InChI is InChI=1S/C24H19F5N4O3S2/c25-22(26)36-14-6-2-5-13(18(14)35-11-12-3-1-4-12)7-8-15-19(24(27,28)29)32-21(38-15)16-17(20(30)34)33-9-10-37-23(33)31-16/h2,5-10,12,22H,1,3-4,11H2,(H2,30,34). The largest absolute Gasteiger partial charge is 0.489 e. The van der Waals surface area contributed by atoms with Gasteiger partial charge in [0.25, 0.3) is 5.91 Å². The van der Waals surface area contributed by atoms with Gasteiger partial charge in [-0.2, -0.15) is 22.0 Å². The van der Waals surface area contributed by atoms with Crippen molar-refractivity contribution in [2.75, 3.05) is 6.61 Å². The van der Waals surface area contributed by atoms with E-state index in [0.29, 0.717) is 16.3 Å². The molecule has 0 aliphatic heterocycles. The number of nitrogens with two attached hydrogens (primary N) is 1.